The van der Waals surface area contributed by atoms with Crippen molar-refractivity contribution >= 4 is 22.9 Å². The molecule has 0 bridgehead atoms. The van der Waals surface area contributed by atoms with Gasteiger partial charge in [0.15, 0.2) is 0 Å². The van der Waals surface area contributed by atoms with Gasteiger partial charge >= 0.3 is 0 Å². The summed E-state index contributed by atoms with van der Waals surface area (Å²) in [5, 5.41) is 12.4. The Balaban J connectivity index is 2.11. The van der Waals surface area contributed by atoms with Gasteiger partial charge in [0.2, 0.25) is 0 Å². The molecule has 2 atom stereocenters. The van der Waals surface area contributed by atoms with E-state index in [1.165, 1.54) is 11.3 Å². The van der Waals surface area contributed by atoms with Gasteiger partial charge in [-0.25, -0.2) is 0 Å². The minimum atomic E-state index is -0.420. The SMILES string of the molecule is NC(c1sccc1Cl)C(O)C1CC1. The third kappa shape index (κ3) is 1.89. The number of aliphatic hydroxyl groups excluding tert-OH is 1. The molecule has 1 aliphatic rings. The molecule has 2 rings (SSSR count). The number of nitrogens with two attached hydrogens (primary N) is 1. The normalized spacial score (nSPS) is 21.5. The topological polar surface area (TPSA) is 46.2 Å². The number of halogens is 1. The van der Waals surface area contributed by atoms with Crippen molar-refractivity contribution in [3.8, 4) is 0 Å². The minimum absolute atomic E-state index is 0.306. The maximum absolute atomic E-state index is 9.78. The largest absolute Gasteiger partial charge is 0.391 e. The molecule has 72 valence electrons. The van der Waals surface area contributed by atoms with Crippen LogP contribution in [0, 0.1) is 5.92 Å². The fourth-order valence-electron chi connectivity index (χ4n) is 1.43. The first kappa shape index (κ1) is 9.46. The zero-order chi connectivity index (χ0) is 9.42. The molecule has 1 aromatic rings. The Morgan fingerprint density at radius 3 is 2.77 bits per heavy atom. The van der Waals surface area contributed by atoms with E-state index in [0.717, 1.165) is 17.7 Å². The Hall–Kier alpha value is -0.0900. The minimum Gasteiger partial charge on any atom is -0.391 e. The molecule has 2 nitrogen and oxygen atoms in total. The van der Waals surface area contributed by atoms with Crippen LogP contribution in [-0.4, -0.2) is 11.2 Å². The van der Waals surface area contributed by atoms with E-state index in [0.29, 0.717) is 10.9 Å². The molecular weight excluding hydrogens is 206 g/mol. The quantitative estimate of drug-likeness (QED) is 0.815. The van der Waals surface area contributed by atoms with Gasteiger partial charge in [0.25, 0.3) is 0 Å². The summed E-state index contributed by atoms with van der Waals surface area (Å²) in [6, 6.07) is 1.51. The van der Waals surface area contributed by atoms with Crippen LogP contribution in [0.2, 0.25) is 5.02 Å². The van der Waals surface area contributed by atoms with Gasteiger partial charge in [0.05, 0.1) is 17.2 Å². The number of aliphatic hydroxyl groups is 1. The van der Waals surface area contributed by atoms with Crippen molar-refractivity contribution in [2.45, 2.75) is 25.0 Å². The predicted molar refractivity (Wildman–Crippen MR) is 55.0 cm³/mol. The van der Waals surface area contributed by atoms with Gasteiger partial charge in [-0.2, -0.15) is 0 Å². The molecule has 0 saturated heterocycles. The molecule has 1 fully saturated rings. The van der Waals surface area contributed by atoms with Crippen molar-refractivity contribution in [1.29, 1.82) is 0 Å². The van der Waals surface area contributed by atoms with E-state index in [9.17, 15) is 5.11 Å². The van der Waals surface area contributed by atoms with Crippen LogP contribution < -0.4 is 5.73 Å². The van der Waals surface area contributed by atoms with Crippen molar-refractivity contribution in [2.75, 3.05) is 0 Å². The van der Waals surface area contributed by atoms with E-state index in [1.807, 2.05) is 11.4 Å². The lowest BCUT2D eigenvalue weighted by Gasteiger charge is -2.17. The maximum atomic E-state index is 9.78. The van der Waals surface area contributed by atoms with E-state index >= 15 is 0 Å². The van der Waals surface area contributed by atoms with Crippen LogP contribution in [0.3, 0.4) is 0 Å². The molecule has 2 unspecified atom stereocenters. The highest BCUT2D eigenvalue weighted by Crippen LogP contribution is 2.39. The summed E-state index contributed by atoms with van der Waals surface area (Å²) < 4.78 is 0. The lowest BCUT2D eigenvalue weighted by molar-refractivity contribution is 0.123. The van der Waals surface area contributed by atoms with Gasteiger partial charge in [-0.3, -0.25) is 0 Å². The molecule has 0 aliphatic heterocycles. The smallest absolute Gasteiger partial charge is 0.0769 e. The van der Waals surface area contributed by atoms with Crippen LogP contribution in [-0.2, 0) is 0 Å². The number of hydrogen-bond acceptors (Lipinski definition) is 3. The molecule has 13 heavy (non-hydrogen) atoms. The lowest BCUT2D eigenvalue weighted by Crippen LogP contribution is -2.27. The van der Waals surface area contributed by atoms with Gasteiger partial charge in [-0.05, 0) is 30.2 Å². The second-order valence-electron chi connectivity index (χ2n) is 3.49. The van der Waals surface area contributed by atoms with Crippen LogP contribution in [0.1, 0.15) is 23.8 Å². The fourth-order valence-corrected chi connectivity index (χ4v) is 2.65. The van der Waals surface area contributed by atoms with E-state index in [1.54, 1.807) is 0 Å². The highest BCUT2D eigenvalue weighted by atomic mass is 35.5. The first-order chi connectivity index (χ1) is 6.20. The molecule has 1 aliphatic carbocycles. The van der Waals surface area contributed by atoms with Crippen LogP contribution in [0.25, 0.3) is 0 Å². The van der Waals surface area contributed by atoms with Crippen molar-refractivity contribution < 1.29 is 5.11 Å². The first-order valence-corrected chi connectivity index (χ1v) is 5.62. The molecule has 3 N–H and O–H groups in total. The summed E-state index contributed by atoms with van der Waals surface area (Å²) in [6.07, 6.45) is 1.77. The van der Waals surface area contributed by atoms with Gasteiger partial charge in [0, 0.05) is 4.88 Å². The van der Waals surface area contributed by atoms with E-state index in [-0.39, 0.29) is 6.04 Å². The Morgan fingerprint density at radius 2 is 2.31 bits per heavy atom. The summed E-state index contributed by atoms with van der Waals surface area (Å²) in [7, 11) is 0. The molecule has 1 heterocycles. The van der Waals surface area contributed by atoms with E-state index in [4.69, 9.17) is 17.3 Å². The van der Waals surface area contributed by atoms with Crippen LogP contribution in [0.5, 0.6) is 0 Å². The molecule has 1 aromatic heterocycles. The zero-order valence-corrected chi connectivity index (χ0v) is 8.68. The second kappa shape index (κ2) is 3.58. The second-order valence-corrected chi connectivity index (χ2v) is 4.84. The van der Waals surface area contributed by atoms with Gasteiger partial charge in [0.1, 0.15) is 0 Å². The van der Waals surface area contributed by atoms with Crippen molar-refractivity contribution in [2.24, 2.45) is 11.7 Å². The predicted octanol–water partition coefficient (Wildman–Crippen LogP) is 2.17. The summed E-state index contributed by atoms with van der Waals surface area (Å²) in [5.41, 5.74) is 5.90. The molecule has 0 spiro atoms. The summed E-state index contributed by atoms with van der Waals surface area (Å²) in [6.45, 7) is 0. The molecular formula is C9H12ClNOS. The number of rotatable bonds is 3. The molecule has 0 aromatic carbocycles. The third-order valence-corrected chi connectivity index (χ3v) is 3.88. The van der Waals surface area contributed by atoms with Crippen LogP contribution >= 0.6 is 22.9 Å². The molecule has 4 heteroatoms. The third-order valence-electron chi connectivity index (χ3n) is 2.42. The molecule has 0 radical (unpaired) electrons. The monoisotopic (exact) mass is 217 g/mol. The fraction of sp³-hybridized carbons (Fsp3) is 0.556. The highest BCUT2D eigenvalue weighted by molar-refractivity contribution is 7.10. The summed E-state index contributed by atoms with van der Waals surface area (Å²) >= 11 is 7.44. The van der Waals surface area contributed by atoms with Gasteiger partial charge in [-0.1, -0.05) is 11.6 Å². The van der Waals surface area contributed by atoms with E-state index < -0.39 is 6.10 Å². The summed E-state index contributed by atoms with van der Waals surface area (Å²) in [5.74, 6) is 0.396. The lowest BCUT2D eigenvalue weighted by atomic mass is 10.1. The summed E-state index contributed by atoms with van der Waals surface area (Å²) in [4.78, 5) is 0.904. The van der Waals surface area contributed by atoms with Crippen LogP contribution in [0.4, 0.5) is 0 Å². The number of thiophene rings is 1. The van der Waals surface area contributed by atoms with Crippen LogP contribution in [0.15, 0.2) is 11.4 Å². The molecule has 0 amide bonds. The maximum Gasteiger partial charge on any atom is 0.0769 e. The van der Waals surface area contributed by atoms with Gasteiger partial charge < -0.3 is 10.8 Å². The van der Waals surface area contributed by atoms with Crippen molar-refractivity contribution in [3.05, 3.63) is 21.3 Å². The van der Waals surface area contributed by atoms with Gasteiger partial charge in [-0.15, -0.1) is 11.3 Å². The van der Waals surface area contributed by atoms with Crippen molar-refractivity contribution in [3.63, 3.8) is 0 Å². The van der Waals surface area contributed by atoms with E-state index in [2.05, 4.69) is 0 Å². The average molecular weight is 218 g/mol. The standard InChI is InChI=1S/C9H12ClNOS/c10-6-3-4-13-9(6)7(11)8(12)5-1-2-5/h3-5,7-8,12H,1-2,11H2. The average Bonchev–Trinajstić information content (AvgIpc) is 2.87. The Kier molecular flexibility index (Phi) is 2.60. The number of hydrogen-bond donors (Lipinski definition) is 2. The zero-order valence-electron chi connectivity index (χ0n) is 7.11. The molecule has 1 saturated carbocycles. The Bertz CT molecular complexity index is 298. The van der Waals surface area contributed by atoms with Crippen molar-refractivity contribution in [1.82, 2.24) is 0 Å². The highest BCUT2D eigenvalue weighted by Gasteiger charge is 2.35. The Labute approximate surface area is 86.3 Å². The first-order valence-electron chi connectivity index (χ1n) is 4.36. The Morgan fingerprint density at radius 1 is 1.62 bits per heavy atom.